The molecule has 13 rings (SSSR count). The number of fused-ring (bicyclic) bond motifs is 8. The van der Waals surface area contributed by atoms with Crippen LogP contribution in [0.15, 0.2) is 170 Å². The number of hydrogen-bond acceptors (Lipinski definition) is 10. The minimum atomic E-state index is -0.203. The van der Waals surface area contributed by atoms with Gasteiger partial charge < -0.3 is 31.2 Å². The van der Waals surface area contributed by atoms with Crippen molar-refractivity contribution in [3.8, 4) is 44.5 Å². The van der Waals surface area contributed by atoms with E-state index in [2.05, 4.69) is 83.2 Å². The van der Waals surface area contributed by atoms with Gasteiger partial charge in [0.2, 0.25) is 0 Å². The van der Waals surface area contributed by atoms with Gasteiger partial charge in [0.05, 0.1) is 42.3 Å². The van der Waals surface area contributed by atoms with Gasteiger partial charge in [0.25, 0.3) is 23.6 Å². The molecule has 530 valence electrons. The predicted octanol–water partition coefficient (Wildman–Crippen LogP) is 25.1. The largest absolute Gasteiger partial charge is 0.354 e. The van der Waals surface area contributed by atoms with Crippen molar-refractivity contribution in [2.75, 3.05) is 21.3 Å². The van der Waals surface area contributed by atoms with Gasteiger partial charge in [-0.15, -0.1) is 45.3 Å². The van der Waals surface area contributed by atoms with Gasteiger partial charge in [0.15, 0.2) is 0 Å². The molecule has 8 bridgehead atoms. The molecule has 0 atom stereocenters. The number of rotatable bonds is 32. The Bertz CT molecular complexity index is 4510. The molecule has 0 spiro atoms. The van der Waals surface area contributed by atoms with Crippen LogP contribution in [0.1, 0.15) is 211 Å². The molecule has 0 radical (unpaired) electrons. The molecule has 4 aromatic carbocycles. The minimum absolute atomic E-state index is 0.203. The van der Waals surface area contributed by atoms with E-state index in [0.717, 1.165) is 125 Å². The van der Waals surface area contributed by atoms with E-state index in [9.17, 15) is 19.2 Å². The monoisotopic (exact) mass is 1450 g/mol. The van der Waals surface area contributed by atoms with Gasteiger partial charge >= 0.3 is 0 Å². The van der Waals surface area contributed by atoms with Crippen LogP contribution in [0.4, 0.5) is 22.7 Å². The molecule has 6 N–H and O–H groups in total. The van der Waals surface area contributed by atoms with Gasteiger partial charge in [-0.2, -0.15) is 0 Å². The summed E-state index contributed by atoms with van der Waals surface area (Å²) in [5.41, 5.74) is 13.4. The number of benzene rings is 4. The van der Waals surface area contributed by atoms with E-state index in [-0.39, 0.29) is 23.6 Å². The van der Waals surface area contributed by atoms with E-state index < -0.39 is 0 Å². The second-order valence-electron chi connectivity index (χ2n) is 26.8. The second-order valence-corrected chi connectivity index (χ2v) is 31.5. The first-order chi connectivity index (χ1) is 51.0. The molecule has 0 fully saturated rings. The van der Waals surface area contributed by atoms with Crippen LogP contribution in [0.2, 0.25) is 0 Å². The quantitative estimate of drug-likeness (QED) is 0.0229. The first kappa shape index (κ1) is 72.5. The van der Waals surface area contributed by atoms with Crippen molar-refractivity contribution in [2.45, 2.75) is 156 Å². The zero-order valence-electron chi connectivity index (χ0n) is 59.8. The Morgan fingerprint density at radius 3 is 0.750 bits per heavy atom. The molecule has 0 unspecified atom stereocenters. The number of carbonyl (C=O) groups excluding carboxylic acids is 4. The van der Waals surface area contributed by atoms with Crippen molar-refractivity contribution < 1.29 is 19.2 Å². The van der Waals surface area contributed by atoms with E-state index in [0.29, 0.717) is 109 Å². The topological polar surface area (TPSA) is 174 Å². The van der Waals surface area contributed by atoms with Gasteiger partial charge in [-0.3, -0.25) is 19.2 Å². The first-order valence-electron chi connectivity index (χ1n) is 37.2. The number of hydrogen-bond donors (Lipinski definition) is 6. The molecule has 0 saturated carbocycles. The average molecular weight is 1450 g/mol. The fourth-order valence-electron chi connectivity index (χ4n) is 13.8. The summed E-state index contributed by atoms with van der Waals surface area (Å²) < 4.78 is 0. The number of amides is 4. The Morgan fingerprint density at radius 1 is 0.288 bits per heavy atom. The van der Waals surface area contributed by atoms with Gasteiger partial charge in [-0.1, -0.05) is 178 Å². The summed E-state index contributed by atoms with van der Waals surface area (Å²) in [6.07, 6.45) is 30.1. The highest BCUT2D eigenvalue weighted by molar-refractivity contribution is 7.15. The summed E-state index contributed by atoms with van der Waals surface area (Å²) in [7, 11) is 0. The minimum Gasteiger partial charge on any atom is -0.354 e. The van der Waals surface area contributed by atoms with Crippen LogP contribution >= 0.6 is 45.3 Å². The third-order valence-corrected chi connectivity index (χ3v) is 23.8. The van der Waals surface area contributed by atoms with Gasteiger partial charge in [0, 0.05) is 109 Å². The zero-order valence-corrected chi connectivity index (χ0v) is 63.0. The van der Waals surface area contributed by atoms with E-state index in [4.69, 9.17) is 9.97 Å². The number of nitrogens with one attached hydrogen (secondary N) is 6. The summed E-state index contributed by atoms with van der Waals surface area (Å²) in [6, 6.07) is 55.7. The lowest BCUT2D eigenvalue weighted by molar-refractivity contribution is 0.102. The number of H-pyrrole nitrogens is 2. The number of unbranched alkanes of at least 4 members (excludes halogenated alkanes) is 12. The van der Waals surface area contributed by atoms with Crippen LogP contribution < -0.4 is 21.3 Å². The number of para-hydroxylation sites is 4. The maximum absolute atomic E-state index is 14.6. The number of anilines is 4. The molecular formula is C88H90N8O4S4. The Balaban J connectivity index is 1.02. The van der Waals surface area contributed by atoms with Crippen molar-refractivity contribution in [3.05, 3.63) is 232 Å². The van der Waals surface area contributed by atoms with Crippen molar-refractivity contribution >= 4 is 138 Å². The van der Waals surface area contributed by atoms with Gasteiger partial charge in [0.1, 0.15) is 0 Å². The number of aromatic amines is 2. The van der Waals surface area contributed by atoms with Crippen LogP contribution in [0.25, 0.3) is 90.9 Å². The van der Waals surface area contributed by atoms with Crippen molar-refractivity contribution in [2.24, 2.45) is 0 Å². The first-order valence-corrected chi connectivity index (χ1v) is 40.4. The normalized spacial score (nSPS) is 11.7. The summed E-state index contributed by atoms with van der Waals surface area (Å²) in [5.74, 6) is -0.812. The molecule has 2 aliphatic heterocycles. The highest BCUT2D eigenvalue weighted by Gasteiger charge is 2.26. The van der Waals surface area contributed by atoms with E-state index in [1.807, 2.05) is 170 Å². The Kier molecular flexibility index (Phi) is 24.5. The van der Waals surface area contributed by atoms with Crippen LogP contribution in [-0.2, 0) is 25.7 Å². The highest BCUT2D eigenvalue weighted by atomic mass is 32.1. The number of aryl methyl sites for hydroxylation is 4. The van der Waals surface area contributed by atoms with Crippen LogP contribution in [0.3, 0.4) is 0 Å². The number of thiophene rings is 4. The molecule has 104 heavy (non-hydrogen) atoms. The Morgan fingerprint density at radius 2 is 0.519 bits per heavy atom. The van der Waals surface area contributed by atoms with Gasteiger partial charge in [-0.05, 0) is 173 Å². The van der Waals surface area contributed by atoms with Crippen molar-refractivity contribution in [1.82, 2.24) is 19.9 Å². The summed E-state index contributed by atoms with van der Waals surface area (Å²) in [5, 5.41) is 13.4. The summed E-state index contributed by atoms with van der Waals surface area (Å²) in [4.78, 5) is 84.9. The second kappa shape index (κ2) is 35.1. The zero-order chi connectivity index (χ0) is 71.7. The molecule has 0 aliphatic carbocycles. The van der Waals surface area contributed by atoms with Crippen LogP contribution in [0.5, 0.6) is 0 Å². The molecule has 4 amide bonds. The standard InChI is InChI=1S/C88H90N8O4S4/c1-5-9-13-17-29-57-41-53-77(101-57)85(97)93-65-37-25-21-33-61(65)81-69-45-47-71(89-69)82(62-34-22-26-38-66(62)94-86(98)78-54-42-58(102-78)30-18-14-10-6-2)73-49-51-75(91-73)84(64-36-24-28-40-68(64)96-88(100)80-56-44-60(104-80)32-20-16-12-8-4)76-52-50-74(92-76)83(72-48-46-70(81)90-72)63-35-23-27-39-67(63)95-87(99)79-55-43-59(103-79)31-19-15-11-7-3/h21-28,33-56,89,92H,5-20,29-32H2,1-4H3,(H,93,97)(H,94,98)(H,95,99)(H,96,100). The molecule has 9 heterocycles. The number of nitrogens with zero attached hydrogens (tertiary/aromatic N) is 2. The fraction of sp³-hybridized carbons (Fsp3) is 0.273. The molecule has 2 aliphatic rings. The average Bonchev–Trinajstić information content (AvgIpc) is 1.60. The predicted molar refractivity (Wildman–Crippen MR) is 441 cm³/mol. The smallest absolute Gasteiger partial charge is 0.265 e. The van der Waals surface area contributed by atoms with E-state index >= 15 is 0 Å². The maximum Gasteiger partial charge on any atom is 0.265 e. The maximum atomic E-state index is 14.6. The lowest BCUT2D eigenvalue weighted by atomic mass is 10.0. The fourth-order valence-corrected chi connectivity index (χ4v) is 17.5. The van der Waals surface area contributed by atoms with E-state index in [1.165, 1.54) is 90.5 Å². The molecule has 11 aromatic rings. The third kappa shape index (κ3) is 17.3. The van der Waals surface area contributed by atoms with Crippen molar-refractivity contribution in [1.29, 1.82) is 0 Å². The SMILES string of the molecule is CCCCCCc1ccc(C(=O)Nc2ccccc2-c2c3nc(c(-c4ccccc4NC(=O)c4ccc(CCCCCC)s4)c4ccc([nH]4)c(-c4ccccc4NC(=O)c4ccc(CCCCCC)s4)c4nc(c(-c5ccccc5NC(=O)c5ccc(CCCCCC)s5)c5ccc2[nH]5)C=C4)C=C3)s1. The highest BCUT2D eigenvalue weighted by Crippen LogP contribution is 2.44. The van der Waals surface area contributed by atoms with E-state index in [1.54, 1.807) is 0 Å². The summed E-state index contributed by atoms with van der Waals surface area (Å²) in [6.45, 7) is 8.86. The van der Waals surface area contributed by atoms with Crippen LogP contribution in [0, 0.1) is 0 Å². The number of carbonyl (C=O) groups is 4. The molecular weight excluding hydrogens is 1360 g/mol. The molecule has 16 heteroatoms. The Labute approximate surface area is 626 Å². The third-order valence-electron chi connectivity index (χ3n) is 19.2. The Hall–Kier alpha value is -9.84. The number of aromatic nitrogens is 4. The lowest BCUT2D eigenvalue weighted by Crippen LogP contribution is -2.11. The molecule has 7 aromatic heterocycles. The summed E-state index contributed by atoms with van der Waals surface area (Å²) >= 11 is 6.15. The molecule has 12 nitrogen and oxygen atoms in total. The molecule has 0 saturated heterocycles. The van der Waals surface area contributed by atoms with Gasteiger partial charge in [-0.25, -0.2) is 9.97 Å². The van der Waals surface area contributed by atoms with Crippen LogP contribution in [-0.4, -0.2) is 43.6 Å². The van der Waals surface area contributed by atoms with Crippen molar-refractivity contribution in [3.63, 3.8) is 0 Å². The lowest BCUT2D eigenvalue weighted by Gasteiger charge is -2.14.